The summed E-state index contributed by atoms with van der Waals surface area (Å²) in [6.45, 7) is 3.85. The summed E-state index contributed by atoms with van der Waals surface area (Å²) in [4.78, 5) is 11.7. The molecule has 0 aliphatic rings. The van der Waals surface area contributed by atoms with Crippen LogP contribution in [0.2, 0.25) is 0 Å². The van der Waals surface area contributed by atoms with Crippen molar-refractivity contribution in [2.75, 3.05) is 6.61 Å². The molecule has 30 heavy (non-hydrogen) atoms. The van der Waals surface area contributed by atoms with Crippen molar-refractivity contribution in [3.8, 4) is 11.1 Å². The predicted octanol–water partition coefficient (Wildman–Crippen LogP) is 4.46. The minimum Gasteiger partial charge on any atom is -0.466 e. The first-order chi connectivity index (χ1) is 13.7. The van der Waals surface area contributed by atoms with Gasteiger partial charge in [0.1, 0.15) is 17.5 Å². The second-order valence-corrected chi connectivity index (χ2v) is 6.74. The van der Waals surface area contributed by atoms with Crippen molar-refractivity contribution < 1.29 is 41.0 Å². The number of alkyl halides is 3. The van der Waals surface area contributed by atoms with Crippen molar-refractivity contribution in [2.24, 2.45) is 5.73 Å². The fourth-order valence-corrected chi connectivity index (χ4v) is 3.16. The van der Waals surface area contributed by atoms with Gasteiger partial charge in [-0.1, -0.05) is 6.07 Å². The normalized spacial score (nSPS) is 13.8. The third-order valence-electron chi connectivity index (χ3n) is 4.53. The maximum absolute atomic E-state index is 15.3. The molecule has 0 radical (unpaired) electrons. The van der Waals surface area contributed by atoms with E-state index >= 15 is 4.39 Å². The Morgan fingerprint density at radius 3 is 2.27 bits per heavy atom. The average Bonchev–Trinajstić information content (AvgIpc) is 2.58. The standard InChI is InChI=1S/C20H19F6NO3/c1-4-30-14(28)8-19(27,29)16-17(22)11(7-12(18(16)23)20(24,25)26)15-9(2)5-6-13(21)10(15)3/h5-7,29H,4,8,27H2,1-3H3/t19-/m0/s1. The van der Waals surface area contributed by atoms with Crippen LogP contribution in [0.3, 0.4) is 0 Å². The van der Waals surface area contributed by atoms with Gasteiger partial charge in [-0.2, -0.15) is 13.2 Å². The zero-order chi connectivity index (χ0) is 23.0. The Labute approximate surface area is 168 Å². The average molecular weight is 435 g/mol. The van der Waals surface area contributed by atoms with E-state index in [0.29, 0.717) is 0 Å². The van der Waals surface area contributed by atoms with Crippen molar-refractivity contribution in [1.82, 2.24) is 0 Å². The largest absolute Gasteiger partial charge is 0.466 e. The molecule has 2 aromatic carbocycles. The number of carbonyl (C=O) groups is 1. The molecule has 0 aromatic heterocycles. The van der Waals surface area contributed by atoms with Crippen molar-refractivity contribution >= 4 is 5.97 Å². The molecule has 0 heterocycles. The van der Waals surface area contributed by atoms with Crippen LogP contribution in [-0.4, -0.2) is 17.7 Å². The monoisotopic (exact) mass is 435 g/mol. The highest BCUT2D eigenvalue weighted by atomic mass is 19.4. The van der Waals surface area contributed by atoms with Crippen LogP contribution >= 0.6 is 0 Å². The number of halogens is 6. The van der Waals surface area contributed by atoms with Crippen LogP contribution < -0.4 is 5.73 Å². The van der Waals surface area contributed by atoms with Crippen molar-refractivity contribution in [3.05, 3.63) is 57.9 Å². The predicted molar refractivity (Wildman–Crippen MR) is 95.6 cm³/mol. The van der Waals surface area contributed by atoms with E-state index in [-0.39, 0.29) is 29.4 Å². The maximum Gasteiger partial charge on any atom is 0.419 e. The number of rotatable bonds is 5. The van der Waals surface area contributed by atoms with Gasteiger partial charge in [0.25, 0.3) is 0 Å². The lowest BCUT2D eigenvalue weighted by atomic mass is 9.88. The number of ether oxygens (including phenoxy) is 1. The van der Waals surface area contributed by atoms with Gasteiger partial charge >= 0.3 is 12.1 Å². The molecule has 0 aliphatic heterocycles. The molecule has 2 rings (SSSR count). The highest BCUT2D eigenvalue weighted by molar-refractivity contribution is 5.75. The van der Waals surface area contributed by atoms with Gasteiger partial charge in [0, 0.05) is 5.56 Å². The van der Waals surface area contributed by atoms with Crippen LogP contribution in [0.25, 0.3) is 11.1 Å². The van der Waals surface area contributed by atoms with Gasteiger partial charge in [0.15, 0.2) is 5.72 Å². The van der Waals surface area contributed by atoms with Crippen LogP contribution in [0.5, 0.6) is 0 Å². The molecule has 2 aromatic rings. The smallest absolute Gasteiger partial charge is 0.419 e. The number of hydrogen-bond donors (Lipinski definition) is 2. The van der Waals surface area contributed by atoms with Gasteiger partial charge in [-0.05, 0) is 49.6 Å². The van der Waals surface area contributed by atoms with E-state index in [9.17, 15) is 31.9 Å². The Morgan fingerprint density at radius 2 is 1.73 bits per heavy atom. The van der Waals surface area contributed by atoms with Crippen molar-refractivity contribution in [3.63, 3.8) is 0 Å². The van der Waals surface area contributed by atoms with Crippen LogP contribution in [0.15, 0.2) is 18.2 Å². The minimum absolute atomic E-state index is 0.157. The molecule has 0 unspecified atom stereocenters. The lowest BCUT2D eigenvalue weighted by molar-refractivity contribution is -0.149. The Hall–Kier alpha value is -2.59. The van der Waals surface area contributed by atoms with Crippen molar-refractivity contribution in [1.29, 1.82) is 0 Å². The molecule has 0 bridgehead atoms. The summed E-state index contributed by atoms with van der Waals surface area (Å²) in [5.74, 6) is -5.83. The molecule has 1 atom stereocenters. The molecule has 3 N–H and O–H groups in total. The van der Waals surface area contributed by atoms with E-state index in [0.717, 1.165) is 6.07 Å². The van der Waals surface area contributed by atoms with Crippen LogP contribution in [0.1, 0.15) is 35.6 Å². The highest BCUT2D eigenvalue weighted by Crippen LogP contribution is 2.42. The second kappa shape index (κ2) is 8.27. The van der Waals surface area contributed by atoms with Crippen molar-refractivity contribution in [2.45, 2.75) is 39.1 Å². The molecule has 0 fully saturated rings. The number of esters is 1. The number of aryl methyl sites for hydroxylation is 1. The maximum atomic E-state index is 15.3. The molecule has 0 saturated heterocycles. The first-order valence-electron chi connectivity index (χ1n) is 8.75. The summed E-state index contributed by atoms with van der Waals surface area (Å²) in [7, 11) is 0. The fourth-order valence-electron chi connectivity index (χ4n) is 3.16. The number of carbonyl (C=O) groups excluding carboxylic acids is 1. The summed E-state index contributed by atoms with van der Waals surface area (Å²) in [6, 6.07) is 2.44. The van der Waals surface area contributed by atoms with Gasteiger partial charge in [-0.25, -0.2) is 13.2 Å². The van der Waals surface area contributed by atoms with E-state index in [1.54, 1.807) is 0 Å². The Kier molecular flexibility index (Phi) is 6.53. The van der Waals surface area contributed by atoms with Crippen LogP contribution in [-0.2, 0) is 21.4 Å². The zero-order valence-corrected chi connectivity index (χ0v) is 16.3. The highest BCUT2D eigenvalue weighted by Gasteiger charge is 2.43. The van der Waals surface area contributed by atoms with Gasteiger partial charge < -0.3 is 9.84 Å². The lowest BCUT2D eigenvalue weighted by Crippen LogP contribution is -2.41. The van der Waals surface area contributed by atoms with E-state index in [1.165, 1.54) is 26.8 Å². The van der Waals surface area contributed by atoms with Crippen LogP contribution in [0.4, 0.5) is 26.3 Å². The number of benzene rings is 2. The molecule has 0 saturated carbocycles. The molecular weight excluding hydrogens is 416 g/mol. The van der Waals surface area contributed by atoms with E-state index in [1.807, 2.05) is 0 Å². The molecule has 164 valence electrons. The Balaban J connectivity index is 2.90. The lowest BCUT2D eigenvalue weighted by Gasteiger charge is -2.27. The fraction of sp³-hybridized carbons (Fsp3) is 0.350. The SMILES string of the molecule is CCOC(=O)C[C@](N)(O)c1c(F)c(-c2c(C)ccc(F)c2C)cc(C(F)(F)F)c1F. The first-order valence-corrected chi connectivity index (χ1v) is 8.75. The third kappa shape index (κ3) is 4.44. The quantitative estimate of drug-likeness (QED) is 0.413. The van der Waals surface area contributed by atoms with E-state index < -0.39 is 58.4 Å². The topological polar surface area (TPSA) is 72.5 Å². The van der Waals surface area contributed by atoms with E-state index in [2.05, 4.69) is 4.74 Å². The Morgan fingerprint density at radius 1 is 1.13 bits per heavy atom. The van der Waals surface area contributed by atoms with Gasteiger partial charge in [-0.3, -0.25) is 10.5 Å². The van der Waals surface area contributed by atoms with E-state index in [4.69, 9.17) is 5.73 Å². The van der Waals surface area contributed by atoms with Gasteiger partial charge in [0.05, 0.1) is 24.2 Å². The Bertz CT molecular complexity index is 986. The number of nitrogens with two attached hydrogens (primary N) is 1. The third-order valence-corrected chi connectivity index (χ3v) is 4.53. The summed E-state index contributed by atoms with van der Waals surface area (Å²) in [5, 5.41) is 10.4. The molecular formula is C20H19F6NO3. The summed E-state index contributed by atoms with van der Waals surface area (Å²) < 4.78 is 88.9. The molecule has 0 aliphatic carbocycles. The van der Waals surface area contributed by atoms with Gasteiger partial charge in [-0.15, -0.1) is 0 Å². The minimum atomic E-state index is -5.30. The second-order valence-electron chi connectivity index (χ2n) is 6.74. The summed E-state index contributed by atoms with van der Waals surface area (Å²) >= 11 is 0. The first kappa shape index (κ1) is 23.7. The van der Waals surface area contributed by atoms with Gasteiger partial charge in [0.2, 0.25) is 0 Å². The summed E-state index contributed by atoms with van der Waals surface area (Å²) in [6.07, 6.45) is -6.51. The zero-order valence-electron chi connectivity index (χ0n) is 16.3. The number of aliphatic hydroxyl groups is 1. The van der Waals surface area contributed by atoms with Crippen LogP contribution in [0, 0.1) is 31.3 Å². The molecule has 0 spiro atoms. The summed E-state index contributed by atoms with van der Waals surface area (Å²) in [5.41, 5.74) is -2.25. The molecule has 0 amide bonds. The molecule has 10 heteroatoms. The number of hydrogen-bond acceptors (Lipinski definition) is 4. The molecule has 4 nitrogen and oxygen atoms in total.